The summed E-state index contributed by atoms with van der Waals surface area (Å²) in [6.45, 7) is 0.286. The molecule has 0 radical (unpaired) electrons. The summed E-state index contributed by atoms with van der Waals surface area (Å²) in [4.78, 5) is 19.8. The Morgan fingerprint density at radius 3 is 2.85 bits per heavy atom. The molecule has 0 amide bonds. The smallest absolute Gasteiger partial charge is 0.262 e. The van der Waals surface area contributed by atoms with Crippen molar-refractivity contribution < 1.29 is 0 Å². The average molecular weight is 364 g/mol. The molecule has 0 bridgehead atoms. The van der Waals surface area contributed by atoms with Crippen molar-refractivity contribution in [2.24, 2.45) is 0 Å². The fraction of sp³-hybridized carbons (Fsp3) is 0.278. The van der Waals surface area contributed by atoms with Crippen molar-refractivity contribution in [1.82, 2.24) is 29.8 Å². The van der Waals surface area contributed by atoms with E-state index < -0.39 is 0 Å². The van der Waals surface area contributed by atoms with E-state index in [9.17, 15) is 4.79 Å². The number of hydrogen-bond acceptors (Lipinski definition) is 6. The normalized spacial score (nSPS) is 13.8. The Morgan fingerprint density at radius 1 is 1.12 bits per heavy atom. The van der Waals surface area contributed by atoms with Crippen LogP contribution in [0.5, 0.6) is 0 Å². The molecular weight excluding hydrogens is 348 g/mol. The first kappa shape index (κ1) is 15.4. The quantitative estimate of drug-likeness (QED) is 0.558. The van der Waals surface area contributed by atoms with Crippen LogP contribution in [0.25, 0.3) is 15.9 Å². The Morgan fingerprint density at radius 2 is 1.96 bits per heavy atom. The van der Waals surface area contributed by atoms with Crippen molar-refractivity contribution in [1.29, 1.82) is 0 Å². The summed E-state index contributed by atoms with van der Waals surface area (Å²) in [7, 11) is 0. The van der Waals surface area contributed by atoms with Crippen LogP contribution in [-0.2, 0) is 19.4 Å². The summed E-state index contributed by atoms with van der Waals surface area (Å²) in [5, 5.41) is 12.7. The second-order valence-electron chi connectivity index (χ2n) is 6.41. The molecule has 7 nitrogen and oxygen atoms in total. The SMILES string of the molecule is O=c1c2c3c(sc2ncn1Cc1nnnn1-c1ccccc1)CCCC3. The van der Waals surface area contributed by atoms with Crippen molar-refractivity contribution in [3.8, 4) is 5.69 Å². The summed E-state index contributed by atoms with van der Waals surface area (Å²) < 4.78 is 3.26. The molecule has 0 N–H and O–H groups in total. The molecule has 0 unspecified atom stereocenters. The van der Waals surface area contributed by atoms with Crippen LogP contribution in [-0.4, -0.2) is 29.8 Å². The summed E-state index contributed by atoms with van der Waals surface area (Å²) in [5.74, 6) is 0.601. The lowest BCUT2D eigenvalue weighted by molar-refractivity contribution is 0.672. The maximum atomic E-state index is 13.1. The third-order valence-corrected chi connectivity index (χ3v) is 5.99. The molecule has 1 aromatic carbocycles. The monoisotopic (exact) mass is 364 g/mol. The number of nitrogens with zero attached hydrogens (tertiary/aromatic N) is 6. The average Bonchev–Trinajstić information content (AvgIpc) is 3.29. The standard InChI is InChI=1S/C18H16N6OS/c25-18-16-13-8-4-5-9-14(13)26-17(16)19-11-23(18)10-15-20-21-22-24(15)12-6-2-1-3-7-12/h1-3,6-7,11H,4-5,8-10H2. The van der Waals surface area contributed by atoms with Crippen LogP contribution in [0.3, 0.4) is 0 Å². The van der Waals surface area contributed by atoms with E-state index in [2.05, 4.69) is 20.5 Å². The molecule has 0 spiro atoms. The topological polar surface area (TPSA) is 78.5 Å². The fourth-order valence-corrected chi connectivity index (χ4v) is 4.74. The molecule has 3 heterocycles. The van der Waals surface area contributed by atoms with E-state index in [4.69, 9.17) is 0 Å². The zero-order valence-corrected chi connectivity index (χ0v) is 14.8. The number of aromatic nitrogens is 6. The van der Waals surface area contributed by atoms with E-state index in [0.29, 0.717) is 5.82 Å². The molecule has 4 aromatic rings. The van der Waals surface area contributed by atoms with Gasteiger partial charge in [-0.15, -0.1) is 16.4 Å². The Hall–Kier alpha value is -2.87. The van der Waals surface area contributed by atoms with Gasteiger partial charge in [0.05, 0.1) is 23.9 Å². The van der Waals surface area contributed by atoms with Gasteiger partial charge in [-0.05, 0) is 53.8 Å². The first-order valence-corrected chi connectivity index (χ1v) is 9.45. The van der Waals surface area contributed by atoms with Crippen LogP contribution in [0, 0.1) is 0 Å². The predicted octanol–water partition coefficient (Wildman–Crippen LogP) is 2.36. The van der Waals surface area contributed by atoms with Gasteiger partial charge in [-0.25, -0.2) is 4.98 Å². The molecule has 3 aromatic heterocycles. The highest BCUT2D eigenvalue weighted by Gasteiger charge is 2.20. The van der Waals surface area contributed by atoms with Gasteiger partial charge in [-0.1, -0.05) is 18.2 Å². The van der Waals surface area contributed by atoms with Gasteiger partial charge in [0.25, 0.3) is 5.56 Å². The van der Waals surface area contributed by atoms with Crippen LogP contribution in [0.15, 0.2) is 41.5 Å². The van der Waals surface area contributed by atoms with Crippen LogP contribution >= 0.6 is 11.3 Å². The number of tetrazole rings is 1. The second-order valence-corrected chi connectivity index (χ2v) is 7.49. The third kappa shape index (κ3) is 2.45. The van der Waals surface area contributed by atoms with E-state index >= 15 is 0 Å². The molecule has 1 aliphatic carbocycles. The molecule has 130 valence electrons. The van der Waals surface area contributed by atoms with E-state index in [1.54, 1.807) is 26.9 Å². The molecular formula is C18H16N6OS. The molecule has 0 saturated carbocycles. The minimum Gasteiger partial charge on any atom is -0.291 e. The Labute approximate surface area is 152 Å². The zero-order valence-electron chi connectivity index (χ0n) is 14.0. The van der Waals surface area contributed by atoms with Crippen LogP contribution in [0.1, 0.15) is 29.1 Å². The minimum absolute atomic E-state index is 0.00277. The first-order valence-electron chi connectivity index (χ1n) is 8.63. The molecule has 0 fully saturated rings. The number of rotatable bonds is 3. The predicted molar refractivity (Wildman–Crippen MR) is 98.8 cm³/mol. The molecule has 8 heteroatoms. The summed E-state index contributed by atoms with van der Waals surface area (Å²) in [6, 6.07) is 9.66. The Kier molecular flexibility index (Phi) is 3.63. The number of hydrogen-bond donors (Lipinski definition) is 0. The van der Waals surface area contributed by atoms with Crippen LogP contribution in [0.2, 0.25) is 0 Å². The van der Waals surface area contributed by atoms with Crippen molar-refractivity contribution >= 4 is 21.6 Å². The number of para-hydroxylation sites is 1. The lowest BCUT2D eigenvalue weighted by Crippen LogP contribution is -2.23. The largest absolute Gasteiger partial charge is 0.291 e. The van der Waals surface area contributed by atoms with E-state index in [0.717, 1.165) is 35.2 Å². The highest BCUT2D eigenvalue weighted by molar-refractivity contribution is 7.18. The van der Waals surface area contributed by atoms with Crippen molar-refractivity contribution in [2.75, 3.05) is 0 Å². The minimum atomic E-state index is -0.00277. The van der Waals surface area contributed by atoms with E-state index in [1.165, 1.54) is 16.9 Å². The van der Waals surface area contributed by atoms with Gasteiger partial charge in [0.2, 0.25) is 0 Å². The Balaban J connectivity index is 1.58. The van der Waals surface area contributed by atoms with E-state index in [1.807, 2.05) is 30.3 Å². The van der Waals surface area contributed by atoms with Gasteiger partial charge in [-0.3, -0.25) is 9.36 Å². The summed E-state index contributed by atoms with van der Waals surface area (Å²) in [6.07, 6.45) is 5.97. The highest BCUT2D eigenvalue weighted by atomic mass is 32.1. The van der Waals surface area contributed by atoms with Crippen molar-refractivity contribution in [3.05, 3.63) is 63.3 Å². The van der Waals surface area contributed by atoms with Gasteiger partial charge < -0.3 is 0 Å². The van der Waals surface area contributed by atoms with Gasteiger partial charge >= 0.3 is 0 Å². The lowest BCUT2D eigenvalue weighted by Gasteiger charge is -2.10. The molecule has 5 rings (SSSR count). The number of aryl methyl sites for hydroxylation is 2. The van der Waals surface area contributed by atoms with Gasteiger partial charge in [0.15, 0.2) is 5.82 Å². The van der Waals surface area contributed by atoms with Gasteiger partial charge in [-0.2, -0.15) is 4.68 Å². The summed E-state index contributed by atoms with van der Waals surface area (Å²) in [5.41, 5.74) is 2.06. The lowest BCUT2D eigenvalue weighted by atomic mass is 9.97. The number of benzene rings is 1. The molecule has 1 aliphatic rings. The number of thiophene rings is 1. The van der Waals surface area contributed by atoms with E-state index in [-0.39, 0.29) is 12.1 Å². The maximum absolute atomic E-state index is 13.1. The van der Waals surface area contributed by atoms with Gasteiger partial charge in [0.1, 0.15) is 4.83 Å². The Bertz CT molecular complexity index is 1140. The molecule has 26 heavy (non-hydrogen) atoms. The number of fused-ring (bicyclic) bond motifs is 3. The summed E-state index contributed by atoms with van der Waals surface area (Å²) >= 11 is 1.66. The molecule has 0 atom stereocenters. The third-order valence-electron chi connectivity index (χ3n) is 4.79. The fourth-order valence-electron chi connectivity index (χ4n) is 3.52. The highest BCUT2D eigenvalue weighted by Crippen LogP contribution is 2.33. The van der Waals surface area contributed by atoms with Crippen molar-refractivity contribution in [3.63, 3.8) is 0 Å². The molecule has 0 saturated heterocycles. The zero-order chi connectivity index (χ0) is 17.5. The van der Waals surface area contributed by atoms with Crippen LogP contribution in [0.4, 0.5) is 0 Å². The first-order chi connectivity index (χ1) is 12.8. The van der Waals surface area contributed by atoms with Gasteiger partial charge in [0, 0.05) is 4.88 Å². The molecule has 0 aliphatic heterocycles. The second kappa shape index (κ2) is 6.14. The van der Waals surface area contributed by atoms with Crippen molar-refractivity contribution in [2.45, 2.75) is 32.2 Å². The maximum Gasteiger partial charge on any atom is 0.262 e. The van der Waals surface area contributed by atoms with Crippen LogP contribution < -0.4 is 5.56 Å².